The molecule has 1 aromatic rings. The van der Waals surface area contributed by atoms with E-state index in [9.17, 15) is 4.79 Å². The summed E-state index contributed by atoms with van der Waals surface area (Å²) < 4.78 is 10.2. The fraction of sp³-hybridized carbons (Fsp3) is 0.467. The van der Waals surface area contributed by atoms with Crippen LogP contribution in [0.1, 0.15) is 42.5 Å². The van der Waals surface area contributed by atoms with Gasteiger partial charge in [-0.3, -0.25) is 4.89 Å². The number of methoxy groups -OCH3 is 2. The van der Waals surface area contributed by atoms with Gasteiger partial charge in [-0.2, -0.15) is 4.89 Å². The molecule has 1 radical (unpaired) electrons. The second-order valence-electron chi connectivity index (χ2n) is 4.62. The minimum absolute atomic E-state index is 0.310. The van der Waals surface area contributed by atoms with Crippen LogP contribution < -0.4 is 9.47 Å². The molecule has 0 amide bonds. The molecule has 0 aliphatic heterocycles. The minimum Gasteiger partial charge on any atom is -0.497 e. The molecular weight excluding hydrogens is 260 g/mol. The summed E-state index contributed by atoms with van der Waals surface area (Å²) in [4.78, 5) is 22.0. The molecule has 1 saturated carbocycles. The van der Waals surface area contributed by atoms with Gasteiger partial charge in [0.05, 0.1) is 14.2 Å². The zero-order valence-electron chi connectivity index (χ0n) is 11.8. The van der Waals surface area contributed by atoms with Gasteiger partial charge >= 0.3 is 5.97 Å². The number of carbonyl (C=O) groups excluding carboxylic acids is 1. The maximum absolute atomic E-state index is 12.0. The third-order valence-corrected chi connectivity index (χ3v) is 3.28. The fourth-order valence-corrected chi connectivity index (χ4v) is 2.14. The van der Waals surface area contributed by atoms with Crippen molar-refractivity contribution in [2.75, 3.05) is 14.2 Å². The van der Waals surface area contributed by atoms with Gasteiger partial charge in [-0.05, 0) is 25.0 Å². The zero-order chi connectivity index (χ0) is 14.4. The summed E-state index contributed by atoms with van der Waals surface area (Å²) in [5.74, 6) is 0.440. The molecule has 5 nitrogen and oxygen atoms in total. The molecule has 0 unspecified atom stereocenters. The lowest BCUT2D eigenvalue weighted by Crippen LogP contribution is -2.13. The van der Waals surface area contributed by atoms with E-state index < -0.39 is 5.97 Å². The van der Waals surface area contributed by atoms with Crippen LogP contribution in [0.4, 0.5) is 0 Å². The normalized spacial score (nSPS) is 15.7. The highest BCUT2D eigenvalue weighted by Crippen LogP contribution is 2.28. The first-order chi connectivity index (χ1) is 9.74. The lowest BCUT2D eigenvalue weighted by Gasteiger charge is -2.19. The van der Waals surface area contributed by atoms with Gasteiger partial charge in [0.2, 0.25) is 0 Å². The van der Waals surface area contributed by atoms with Gasteiger partial charge < -0.3 is 9.47 Å². The smallest absolute Gasteiger partial charge is 0.376 e. The Bertz CT molecular complexity index is 452. The molecule has 0 N–H and O–H groups in total. The molecule has 2 rings (SSSR count). The maximum Gasteiger partial charge on any atom is 0.376 e. The molecule has 1 aliphatic carbocycles. The molecule has 20 heavy (non-hydrogen) atoms. The van der Waals surface area contributed by atoms with Gasteiger partial charge in [-0.1, -0.05) is 19.3 Å². The summed E-state index contributed by atoms with van der Waals surface area (Å²) in [6.07, 6.45) is 5.90. The van der Waals surface area contributed by atoms with E-state index in [1.165, 1.54) is 13.5 Å². The zero-order valence-corrected chi connectivity index (χ0v) is 11.8. The monoisotopic (exact) mass is 279 g/mol. The molecule has 0 bridgehead atoms. The van der Waals surface area contributed by atoms with Crippen LogP contribution in [0.3, 0.4) is 0 Å². The molecule has 0 atom stereocenters. The van der Waals surface area contributed by atoms with Gasteiger partial charge in [0.1, 0.15) is 23.2 Å². The lowest BCUT2D eigenvalue weighted by molar-refractivity contribution is -0.239. The van der Waals surface area contributed by atoms with Crippen LogP contribution in [0.15, 0.2) is 18.2 Å². The van der Waals surface area contributed by atoms with Crippen LogP contribution in [0.5, 0.6) is 11.5 Å². The van der Waals surface area contributed by atoms with Crippen molar-refractivity contribution < 1.29 is 24.0 Å². The fourth-order valence-electron chi connectivity index (χ4n) is 2.14. The van der Waals surface area contributed by atoms with E-state index in [1.807, 2.05) is 0 Å². The predicted molar refractivity (Wildman–Crippen MR) is 72.4 cm³/mol. The average molecular weight is 279 g/mol. The highest BCUT2D eigenvalue weighted by atomic mass is 17.2. The third kappa shape index (κ3) is 3.63. The number of hydrogen-bond acceptors (Lipinski definition) is 5. The number of ether oxygens (including phenoxy) is 2. The van der Waals surface area contributed by atoms with Crippen molar-refractivity contribution >= 4 is 5.97 Å². The standard InChI is InChI=1S/C15H19O5/c1-17-12-8-9-13(14(10-12)18-2)15(16)20-19-11-6-4-3-5-7-11/h8-10H,3-7H2,1-2H3. The first-order valence-corrected chi connectivity index (χ1v) is 6.70. The number of carbonyl (C=O) groups is 1. The quantitative estimate of drug-likeness (QED) is 0.611. The van der Waals surface area contributed by atoms with E-state index >= 15 is 0 Å². The van der Waals surface area contributed by atoms with Crippen LogP contribution in [0, 0.1) is 6.10 Å². The molecular formula is C15H19O5. The van der Waals surface area contributed by atoms with E-state index in [4.69, 9.17) is 19.2 Å². The highest BCUT2D eigenvalue weighted by Gasteiger charge is 2.21. The van der Waals surface area contributed by atoms with E-state index in [-0.39, 0.29) is 0 Å². The number of benzene rings is 1. The molecule has 0 saturated heterocycles. The highest BCUT2D eigenvalue weighted by molar-refractivity contribution is 5.92. The van der Waals surface area contributed by atoms with Crippen molar-refractivity contribution in [3.63, 3.8) is 0 Å². The average Bonchev–Trinajstić information content (AvgIpc) is 2.52. The molecule has 1 fully saturated rings. The van der Waals surface area contributed by atoms with Crippen molar-refractivity contribution in [1.29, 1.82) is 0 Å². The van der Waals surface area contributed by atoms with Gasteiger partial charge in [-0.15, -0.1) is 0 Å². The van der Waals surface area contributed by atoms with Crippen LogP contribution in [-0.4, -0.2) is 20.2 Å². The Hall–Kier alpha value is -1.75. The number of hydrogen-bond donors (Lipinski definition) is 0. The summed E-state index contributed by atoms with van der Waals surface area (Å²) >= 11 is 0. The lowest BCUT2D eigenvalue weighted by atomic mass is 9.98. The topological polar surface area (TPSA) is 54.0 Å². The van der Waals surface area contributed by atoms with E-state index in [0.717, 1.165) is 31.8 Å². The van der Waals surface area contributed by atoms with Crippen LogP contribution in [0.25, 0.3) is 0 Å². The van der Waals surface area contributed by atoms with Gasteiger partial charge in [-0.25, -0.2) is 4.79 Å². The Morgan fingerprint density at radius 2 is 1.80 bits per heavy atom. The SMILES string of the molecule is COc1ccc(C(=O)OO[C]2CCCCC2)c(OC)c1. The van der Waals surface area contributed by atoms with Gasteiger partial charge in [0.15, 0.2) is 0 Å². The van der Waals surface area contributed by atoms with Crippen LogP contribution in [0.2, 0.25) is 0 Å². The molecule has 1 aliphatic rings. The predicted octanol–water partition coefficient (Wildman–Crippen LogP) is 3.29. The molecule has 0 spiro atoms. The van der Waals surface area contributed by atoms with Gasteiger partial charge in [0, 0.05) is 6.07 Å². The van der Waals surface area contributed by atoms with Crippen LogP contribution in [-0.2, 0) is 9.78 Å². The summed E-state index contributed by atoms with van der Waals surface area (Å²) in [5, 5.41) is 0. The summed E-state index contributed by atoms with van der Waals surface area (Å²) in [5.41, 5.74) is 0.310. The van der Waals surface area contributed by atoms with E-state index in [1.54, 1.807) is 25.3 Å². The van der Waals surface area contributed by atoms with Crippen molar-refractivity contribution in [2.45, 2.75) is 32.1 Å². The Morgan fingerprint density at radius 3 is 2.45 bits per heavy atom. The Morgan fingerprint density at radius 1 is 1.05 bits per heavy atom. The number of rotatable bonds is 5. The van der Waals surface area contributed by atoms with E-state index in [0.29, 0.717) is 17.1 Å². The summed E-state index contributed by atoms with van der Waals surface area (Å²) in [6.45, 7) is 0. The molecule has 5 heteroatoms. The van der Waals surface area contributed by atoms with E-state index in [2.05, 4.69) is 0 Å². The minimum atomic E-state index is -0.567. The van der Waals surface area contributed by atoms with Crippen molar-refractivity contribution in [3.8, 4) is 11.5 Å². The Labute approximate surface area is 118 Å². The molecule has 109 valence electrons. The summed E-state index contributed by atoms with van der Waals surface area (Å²) in [6, 6.07) is 4.89. The first-order valence-electron chi connectivity index (χ1n) is 6.70. The Balaban J connectivity index is 1.97. The maximum atomic E-state index is 12.0. The largest absolute Gasteiger partial charge is 0.497 e. The van der Waals surface area contributed by atoms with Gasteiger partial charge in [0.25, 0.3) is 0 Å². The molecule has 0 heterocycles. The molecule has 1 aromatic carbocycles. The van der Waals surface area contributed by atoms with Crippen molar-refractivity contribution in [2.24, 2.45) is 0 Å². The van der Waals surface area contributed by atoms with Crippen molar-refractivity contribution in [3.05, 3.63) is 29.9 Å². The first kappa shape index (κ1) is 14.7. The Kier molecular flexibility index (Phi) is 5.24. The second kappa shape index (κ2) is 7.14. The summed E-state index contributed by atoms with van der Waals surface area (Å²) in [7, 11) is 3.04. The van der Waals surface area contributed by atoms with Crippen molar-refractivity contribution in [1.82, 2.24) is 0 Å². The molecule has 0 aromatic heterocycles. The van der Waals surface area contributed by atoms with Crippen LogP contribution >= 0.6 is 0 Å². The second-order valence-corrected chi connectivity index (χ2v) is 4.62. The third-order valence-electron chi connectivity index (χ3n) is 3.28.